The minimum Gasteiger partial charge on any atom is -0.348 e. The number of benzene rings is 1. The standard InChI is InChI=1S/C14H15ClN2O2S/c15-10-1-2-11-12(9-10)20-13(16-11)17-5-3-14(4-6-17)18-7-8-19-14/h1-2,9H,3-8H2. The molecule has 0 bridgehead atoms. The maximum atomic E-state index is 6.03. The molecular weight excluding hydrogens is 296 g/mol. The zero-order valence-corrected chi connectivity index (χ0v) is 12.5. The van der Waals surface area contributed by atoms with Crippen LogP contribution in [0.1, 0.15) is 12.8 Å². The van der Waals surface area contributed by atoms with Gasteiger partial charge in [0.15, 0.2) is 10.9 Å². The highest BCUT2D eigenvalue weighted by molar-refractivity contribution is 7.22. The van der Waals surface area contributed by atoms with E-state index in [9.17, 15) is 0 Å². The van der Waals surface area contributed by atoms with Gasteiger partial charge in [-0.1, -0.05) is 22.9 Å². The molecule has 0 aliphatic carbocycles. The third-order valence-electron chi connectivity index (χ3n) is 3.95. The second-order valence-electron chi connectivity index (χ2n) is 5.20. The summed E-state index contributed by atoms with van der Waals surface area (Å²) in [5.41, 5.74) is 1.02. The molecule has 0 radical (unpaired) electrons. The monoisotopic (exact) mass is 310 g/mol. The molecule has 0 atom stereocenters. The molecule has 0 unspecified atom stereocenters. The normalized spacial score (nSPS) is 21.9. The number of halogens is 1. The van der Waals surface area contributed by atoms with Gasteiger partial charge in [0, 0.05) is 31.0 Å². The molecule has 0 amide bonds. The van der Waals surface area contributed by atoms with E-state index in [1.54, 1.807) is 11.3 Å². The molecule has 6 heteroatoms. The molecule has 1 aromatic heterocycles. The van der Waals surface area contributed by atoms with Gasteiger partial charge < -0.3 is 14.4 Å². The fourth-order valence-corrected chi connectivity index (χ4v) is 4.14. The highest BCUT2D eigenvalue weighted by atomic mass is 35.5. The van der Waals surface area contributed by atoms with Gasteiger partial charge in [-0.25, -0.2) is 4.98 Å². The Hall–Kier alpha value is -0.880. The topological polar surface area (TPSA) is 34.6 Å². The highest BCUT2D eigenvalue weighted by Gasteiger charge is 2.40. The van der Waals surface area contributed by atoms with Crippen LogP contribution in [-0.2, 0) is 9.47 Å². The van der Waals surface area contributed by atoms with Gasteiger partial charge in [-0.05, 0) is 18.2 Å². The molecule has 4 rings (SSSR count). The summed E-state index contributed by atoms with van der Waals surface area (Å²) in [7, 11) is 0. The van der Waals surface area contributed by atoms with Crippen molar-refractivity contribution in [2.75, 3.05) is 31.2 Å². The molecule has 2 aliphatic heterocycles. The molecule has 2 aromatic rings. The average molecular weight is 311 g/mol. The average Bonchev–Trinajstić information content (AvgIpc) is 3.06. The molecule has 2 fully saturated rings. The van der Waals surface area contributed by atoms with Gasteiger partial charge in [-0.2, -0.15) is 0 Å². The van der Waals surface area contributed by atoms with Crippen molar-refractivity contribution in [1.29, 1.82) is 0 Å². The summed E-state index contributed by atoms with van der Waals surface area (Å²) < 4.78 is 12.7. The Morgan fingerprint density at radius 3 is 2.70 bits per heavy atom. The Bertz CT molecular complexity index is 629. The highest BCUT2D eigenvalue weighted by Crippen LogP contribution is 2.36. The first kappa shape index (κ1) is 12.8. The molecule has 1 aromatic carbocycles. The molecule has 2 aliphatic rings. The first-order valence-corrected chi connectivity index (χ1v) is 8.03. The number of ether oxygens (including phenoxy) is 2. The summed E-state index contributed by atoms with van der Waals surface area (Å²) in [6, 6.07) is 5.85. The molecule has 2 saturated heterocycles. The molecule has 3 heterocycles. The lowest BCUT2D eigenvalue weighted by Crippen LogP contribution is -2.45. The number of nitrogens with zero attached hydrogens (tertiary/aromatic N) is 2. The van der Waals surface area contributed by atoms with Crippen LogP contribution in [0.15, 0.2) is 18.2 Å². The van der Waals surface area contributed by atoms with E-state index in [0.29, 0.717) is 0 Å². The van der Waals surface area contributed by atoms with Crippen molar-refractivity contribution in [2.45, 2.75) is 18.6 Å². The minimum atomic E-state index is -0.323. The fourth-order valence-electron chi connectivity index (χ4n) is 2.85. The van der Waals surface area contributed by atoms with E-state index in [0.717, 1.165) is 59.5 Å². The number of thiazole rings is 1. The number of hydrogen-bond donors (Lipinski definition) is 0. The molecule has 106 valence electrons. The van der Waals surface area contributed by atoms with Crippen LogP contribution in [0.2, 0.25) is 5.02 Å². The van der Waals surface area contributed by atoms with Gasteiger partial charge in [0.05, 0.1) is 23.4 Å². The maximum Gasteiger partial charge on any atom is 0.186 e. The fraction of sp³-hybridized carbons (Fsp3) is 0.500. The van der Waals surface area contributed by atoms with Crippen LogP contribution >= 0.6 is 22.9 Å². The van der Waals surface area contributed by atoms with E-state index >= 15 is 0 Å². The zero-order valence-electron chi connectivity index (χ0n) is 11.0. The van der Waals surface area contributed by atoms with Gasteiger partial charge in [0.25, 0.3) is 0 Å². The lowest BCUT2D eigenvalue weighted by Gasteiger charge is -2.37. The van der Waals surface area contributed by atoms with Gasteiger partial charge >= 0.3 is 0 Å². The van der Waals surface area contributed by atoms with E-state index in [4.69, 9.17) is 26.1 Å². The van der Waals surface area contributed by atoms with Crippen LogP contribution in [-0.4, -0.2) is 37.1 Å². The number of anilines is 1. The predicted octanol–water partition coefficient (Wildman–Crippen LogP) is 3.29. The van der Waals surface area contributed by atoms with Crippen LogP contribution < -0.4 is 4.90 Å². The summed E-state index contributed by atoms with van der Waals surface area (Å²) >= 11 is 7.73. The maximum absolute atomic E-state index is 6.03. The minimum absolute atomic E-state index is 0.323. The first-order valence-electron chi connectivity index (χ1n) is 6.83. The van der Waals surface area contributed by atoms with Crippen LogP contribution in [0.25, 0.3) is 10.2 Å². The van der Waals surface area contributed by atoms with Crippen LogP contribution in [0.5, 0.6) is 0 Å². The summed E-state index contributed by atoms with van der Waals surface area (Å²) in [4.78, 5) is 7.01. The molecular formula is C14H15ClN2O2S. The molecule has 4 nitrogen and oxygen atoms in total. The molecule has 0 saturated carbocycles. The van der Waals surface area contributed by atoms with Crippen molar-refractivity contribution in [3.63, 3.8) is 0 Å². The Balaban J connectivity index is 1.55. The summed E-state index contributed by atoms with van der Waals surface area (Å²) in [5, 5.41) is 1.83. The van der Waals surface area contributed by atoms with Crippen LogP contribution in [0.3, 0.4) is 0 Å². The number of aromatic nitrogens is 1. The molecule has 20 heavy (non-hydrogen) atoms. The second kappa shape index (κ2) is 4.84. The largest absolute Gasteiger partial charge is 0.348 e. The first-order chi connectivity index (χ1) is 9.74. The van der Waals surface area contributed by atoms with Crippen molar-refractivity contribution in [2.24, 2.45) is 0 Å². The van der Waals surface area contributed by atoms with Gasteiger partial charge in [0.2, 0.25) is 0 Å². The van der Waals surface area contributed by atoms with E-state index in [2.05, 4.69) is 4.90 Å². The van der Waals surface area contributed by atoms with E-state index < -0.39 is 0 Å². The van der Waals surface area contributed by atoms with E-state index in [1.165, 1.54) is 0 Å². The molecule has 1 spiro atoms. The van der Waals surface area contributed by atoms with Crippen molar-refractivity contribution in [3.05, 3.63) is 23.2 Å². The van der Waals surface area contributed by atoms with Crippen molar-refractivity contribution in [1.82, 2.24) is 4.98 Å². The Morgan fingerprint density at radius 2 is 1.95 bits per heavy atom. The second-order valence-corrected chi connectivity index (χ2v) is 6.65. The SMILES string of the molecule is Clc1ccc2nc(N3CCC4(CC3)OCCO4)sc2c1. The predicted molar refractivity (Wildman–Crippen MR) is 80.7 cm³/mol. The van der Waals surface area contributed by atoms with Crippen LogP contribution in [0.4, 0.5) is 5.13 Å². The van der Waals surface area contributed by atoms with E-state index in [1.807, 2.05) is 18.2 Å². The third-order valence-corrected chi connectivity index (χ3v) is 5.26. The number of fused-ring (bicyclic) bond motifs is 1. The quantitative estimate of drug-likeness (QED) is 0.809. The van der Waals surface area contributed by atoms with Gasteiger partial charge in [-0.3, -0.25) is 0 Å². The van der Waals surface area contributed by atoms with Gasteiger partial charge in [0.1, 0.15) is 0 Å². The lowest BCUT2D eigenvalue weighted by atomic mass is 10.0. The zero-order chi connectivity index (χ0) is 13.6. The smallest absolute Gasteiger partial charge is 0.186 e. The van der Waals surface area contributed by atoms with Crippen molar-refractivity contribution >= 4 is 38.3 Å². The summed E-state index contributed by atoms with van der Waals surface area (Å²) in [6.45, 7) is 3.29. The number of rotatable bonds is 1. The molecule has 0 N–H and O–H groups in total. The van der Waals surface area contributed by atoms with Crippen LogP contribution in [0, 0.1) is 0 Å². The Kier molecular flexibility index (Phi) is 3.11. The summed E-state index contributed by atoms with van der Waals surface area (Å²) in [5.74, 6) is -0.323. The number of hydrogen-bond acceptors (Lipinski definition) is 5. The summed E-state index contributed by atoms with van der Waals surface area (Å²) in [6.07, 6.45) is 1.81. The van der Waals surface area contributed by atoms with Gasteiger partial charge in [-0.15, -0.1) is 0 Å². The van der Waals surface area contributed by atoms with Crippen molar-refractivity contribution in [3.8, 4) is 0 Å². The Labute approximate surface area is 126 Å². The lowest BCUT2D eigenvalue weighted by molar-refractivity contribution is -0.169. The van der Waals surface area contributed by atoms with E-state index in [-0.39, 0.29) is 5.79 Å². The number of piperidine rings is 1. The van der Waals surface area contributed by atoms with Crippen molar-refractivity contribution < 1.29 is 9.47 Å². The third kappa shape index (κ3) is 2.19. The Morgan fingerprint density at radius 1 is 1.20 bits per heavy atom.